The quantitative estimate of drug-likeness (QED) is 0.103. The van der Waals surface area contributed by atoms with Crippen molar-refractivity contribution in [2.24, 2.45) is 11.7 Å². The van der Waals surface area contributed by atoms with E-state index in [0.717, 1.165) is 24.8 Å². The van der Waals surface area contributed by atoms with Crippen LogP contribution in [-0.2, 0) is 30.4 Å². The van der Waals surface area contributed by atoms with E-state index < -0.39 is 48.3 Å². The topological polar surface area (TPSA) is 205 Å². The first-order chi connectivity index (χ1) is 20.3. The average Bonchev–Trinajstić information content (AvgIpc) is 2.96. The van der Waals surface area contributed by atoms with E-state index in [4.69, 9.17) is 15.6 Å². The summed E-state index contributed by atoms with van der Waals surface area (Å²) in [5.41, 5.74) is 6.54. The molecule has 0 fully saturated rings. The van der Waals surface area contributed by atoms with E-state index in [9.17, 15) is 34.2 Å². The zero-order valence-electron chi connectivity index (χ0n) is 25.5. The van der Waals surface area contributed by atoms with Crippen molar-refractivity contribution in [3.8, 4) is 11.5 Å². The normalized spacial score (nSPS) is 14.5. The number of carboxylic acid groups (broad SMARTS) is 2. The Kier molecular flexibility index (Phi) is 17.4. The van der Waals surface area contributed by atoms with Gasteiger partial charge in [0.2, 0.25) is 11.8 Å². The van der Waals surface area contributed by atoms with Crippen LogP contribution < -0.4 is 21.1 Å². The van der Waals surface area contributed by atoms with E-state index in [0.29, 0.717) is 25.0 Å². The van der Waals surface area contributed by atoms with Gasteiger partial charge in [-0.25, -0.2) is 4.79 Å². The maximum absolute atomic E-state index is 13.2. The van der Waals surface area contributed by atoms with Gasteiger partial charge in [-0.1, -0.05) is 52.5 Å². The van der Waals surface area contributed by atoms with Crippen molar-refractivity contribution < 1.29 is 44.0 Å². The molecule has 242 valence electrons. The van der Waals surface area contributed by atoms with E-state index in [1.54, 1.807) is 26.0 Å². The number of nitrogens with one attached hydrogen (secondary N) is 2. The van der Waals surface area contributed by atoms with Crippen molar-refractivity contribution in [2.45, 2.75) is 102 Å². The van der Waals surface area contributed by atoms with Crippen LogP contribution in [0.2, 0.25) is 0 Å². The summed E-state index contributed by atoms with van der Waals surface area (Å²) < 4.78 is 5.13. The minimum atomic E-state index is -1.40. The highest BCUT2D eigenvalue weighted by Gasteiger charge is 2.31. The lowest BCUT2D eigenvalue weighted by atomic mass is 9.99. The van der Waals surface area contributed by atoms with Gasteiger partial charge in [-0.15, -0.1) is 0 Å². The van der Waals surface area contributed by atoms with Gasteiger partial charge in [0.05, 0.1) is 19.6 Å². The van der Waals surface area contributed by atoms with E-state index in [1.165, 1.54) is 24.9 Å². The SMILES string of the molecule is CCCCCC(CC(=O)CCc1ccc(O)c(OC)c1)SCC(NC(=O)C(N)CC(=O)O)C(=O)NC(C(=O)O)C(C)CC. The molecule has 0 heterocycles. The van der Waals surface area contributed by atoms with Gasteiger partial charge in [-0.05, 0) is 36.5 Å². The van der Waals surface area contributed by atoms with Gasteiger partial charge in [0.25, 0.3) is 0 Å². The van der Waals surface area contributed by atoms with E-state index >= 15 is 0 Å². The van der Waals surface area contributed by atoms with Gasteiger partial charge in [0, 0.05) is 23.8 Å². The molecule has 1 aromatic rings. The van der Waals surface area contributed by atoms with E-state index in [1.807, 2.05) is 0 Å². The summed E-state index contributed by atoms with van der Waals surface area (Å²) in [5, 5.41) is 33.3. The summed E-state index contributed by atoms with van der Waals surface area (Å²) in [6.07, 6.45) is 4.29. The first kappa shape index (κ1) is 37.7. The number of rotatable bonds is 22. The number of thioether (sulfide) groups is 1. The number of ether oxygens (including phenoxy) is 1. The zero-order valence-corrected chi connectivity index (χ0v) is 26.3. The molecule has 0 radical (unpaired) electrons. The van der Waals surface area contributed by atoms with Crippen LogP contribution in [0.3, 0.4) is 0 Å². The molecule has 5 atom stereocenters. The second-order valence-electron chi connectivity index (χ2n) is 10.7. The number of aryl methyl sites for hydroxylation is 1. The number of phenolic OH excluding ortho intramolecular Hbond substituents is 1. The third-order valence-corrected chi connectivity index (χ3v) is 8.56. The Labute approximate surface area is 257 Å². The molecule has 0 aliphatic heterocycles. The minimum absolute atomic E-state index is 0.0114. The Morgan fingerprint density at radius 2 is 1.72 bits per heavy atom. The van der Waals surface area contributed by atoms with Crippen LogP contribution in [0, 0.1) is 5.92 Å². The summed E-state index contributed by atoms with van der Waals surface area (Å²) in [6.45, 7) is 5.54. The number of hydrogen-bond acceptors (Lipinski definition) is 9. The third kappa shape index (κ3) is 14.1. The summed E-state index contributed by atoms with van der Waals surface area (Å²) in [6, 6.07) is 1.14. The van der Waals surface area contributed by atoms with Crippen molar-refractivity contribution in [3.63, 3.8) is 0 Å². The smallest absolute Gasteiger partial charge is 0.326 e. The summed E-state index contributed by atoms with van der Waals surface area (Å²) in [7, 11) is 1.45. The summed E-state index contributed by atoms with van der Waals surface area (Å²) in [5.74, 6) is -4.06. The number of aliphatic carboxylic acids is 2. The summed E-state index contributed by atoms with van der Waals surface area (Å²) >= 11 is 1.33. The molecule has 2 amide bonds. The molecule has 0 aliphatic rings. The van der Waals surface area contributed by atoms with Crippen molar-refractivity contribution in [1.29, 1.82) is 0 Å². The van der Waals surface area contributed by atoms with Crippen LogP contribution in [0.15, 0.2) is 18.2 Å². The monoisotopic (exact) mass is 625 g/mol. The number of carbonyl (C=O) groups excluding carboxylic acids is 3. The molecule has 12 nitrogen and oxygen atoms in total. The van der Waals surface area contributed by atoms with Gasteiger partial charge < -0.3 is 36.4 Å². The highest BCUT2D eigenvalue weighted by atomic mass is 32.2. The van der Waals surface area contributed by atoms with Crippen molar-refractivity contribution >= 4 is 41.3 Å². The largest absolute Gasteiger partial charge is 0.504 e. The number of nitrogens with two attached hydrogens (primary N) is 1. The van der Waals surface area contributed by atoms with Crippen LogP contribution in [0.25, 0.3) is 0 Å². The van der Waals surface area contributed by atoms with Gasteiger partial charge in [-0.2, -0.15) is 11.8 Å². The Morgan fingerprint density at radius 3 is 2.30 bits per heavy atom. The number of ketones is 1. The van der Waals surface area contributed by atoms with E-state index in [2.05, 4.69) is 17.6 Å². The lowest BCUT2D eigenvalue weighted by Crippen LogP contribution is -2.56. The molecule has 1 rings (SSSR count). The Balaban J connectivity index is 3.03. The second kappa shape index (κ2) is 19.8. The van der Waals surface area contributed by atoms with Crippen molar-refractivity contribution in [1.82, 2.24) is 10.6 Å². The fourth-order valence-electron chi connectivity index (χ4n) is 4.30. The number of carboxylic acids is 2. The molecular weight excluding hydrogens is 578 g/mol. The van der Waals surface area contributed by atoms with Crippen molar-refractivity contribution in [3.05, 3.63) is 23.8 Å². The molecule has 13 heteroatoms. The first-order valence-electron chi connectivity index (χ1n) is 14.6. The highest BCUT2D eigenvalue weighted by Crippen LogP contribution is 2.28. The highest BCUT2D eigenvalue weighted by molar-refractivity contribution is 8.00. The number of hydrogen-bond donors (Lipinski definition) is 6. The lowest BCUT2D eigenvalue weighted by molar-refractivity contribution is -0.144. The first-order valence-corrected chi connectivity index (χ1v) is 15.7. The molecule has 0 bridgehead atoms. The molecule has 0 aromatic heterocycles. The molecule has 0 spiro atoms. The fourth-order valence-corrected chi connectivity index (χ4v) is 5.63. The van der Waals surface area contributed by atoms with Crippen LogP contribution in [0.4, 0.5) is 0 Å². The number of benzene rings is 1. The molecule has 43 heavy (non-hydrogen) atoms. The standard InChI is InChI=1S/C30H47N3O9S/c1-5-7-8-9-21(15-20(34)12-10-19-11-13-24(35)25(14-19)42-4)43-17-23(32-28(38)22(31)16-26(36)37)29(39)33-27(30(40)41)18(3)6-2/h11,13-14,18,21-23,27,35H,5-10,12,15-17,31H2,1-4H3,(H,32,38)(H,33,39)(H,36,37)(H,40,41). The predicted molar refractivity (Wildman–Crippen MR) is 164 cm³/mol. The third-order valence-electron chi connectivity index (χ3n) is 7.16. The number of aromatic hydroxyl groups is 1. The Hall–Kier alpha value is -3.32. The molecule has 0 saturated heterocycles. The van der Waals surface area contributed by atoms with Gasteiger partial charge in [0.15, 0.2) is 11.5 Å². The number of Topliss-reactive ketones (excluding diaryl/α,β-unsaturated/α-hetero) is 1. The number of carbonyl (C=O) groups is 5. The number of unbranched alkanes of at least 4 members (excludes halogenated alkanes) is 2. The maximum Gasteiger partial charge on any atom is 0.326 e. The maximum atomic E-state index is 13.2. The second-order valence-corrected chi connectivity index (χ2v) is 12.0. The van der Waals surface area contributed by atoms with Gasteiger partial charge in [-0.3, -0.25) is 19.2 Å². The van der Waals surface area contributed by atoms with Gasteiger partial charge >= 0.3 is 11.9 Å². The molecule has 5 unspecified atom stereocenters. The zero-order chi connectivity index (χ0) is 32.5. The number of amides is 2. The van der Waals surface area contributed by atoms with Crippen LogP contribution in [0.5, 0.6) is 11.5 Å². The Bertz CT molecular complexity index is 1080. The molecule has 0 saturated carbocycles. The number of methoxy groups -OCH3 is 1. The fraction of sp³-hybridized carbons (Fsp3) is 0.633. The predicted octanol–water partition coefficient (Wildman–Crippen LogP) is 2.88. The van der Waals surface area contributed by atoms with E-state index in [-0.39, 0.29) is 41.3 Å². The van der Waals surface area contributed by atoms with Crippen LogP contribution in [-0.4, -0.2) is 81.1 Å². The lowest BCUT2D eigenvalue weighted by Gasteiger charge is -2.26. The number of phenols is 1. The van der Waals surface area contributed by atoms with Crippen LogP contribution in [0.1, 0.15) is 77.7 Å². The minimum Gasteiger partial charge on any atom is -0.504 e. The molecule has 1 aromatic carbocycles. The average molecular weight is 626 g/mol. The van der Waals surface area contributed by atoms with Crippen molar-refractivity contribution in [2.75, 3.05) is 12.9 Å². The summed E-state index contributed by atoms with van der Waals surface area (Å²) in [4.78, 5) is 61.7. The Morgan fingerprint density at radius 1 is 1.02 bits per heavy atom. The van der Waals surface area contributed by atoms with Gasteiger partial charge in [0.1, 0.15) is 17.9 Å². The van der Waals surface area contributed by atoms with Crippen LogP contribution >= 0.6 is 11.8 Å². The molecule has 0 aliphatic carbocycles. The molecule has 7 N–H and O–H groups in total. The molecular formula is C30H47N3O9S.